The number of imidazole rings is 1. The third-order valence-corrected chi connectivity index (χ3v) is 7.01. The Morgan fingerprint density at radius 1 is 1.03 bits per heavy atom. The fourth-order valence-electron chi connectivity index (χ4n) is 3.16. The Morgan fingerprint density at radius 2 is 1.67 bits per heavy atom. The van der Waals surface area contributed by atoms with E-state index in [9.17, 15) is 13.2 Å². The summed E-state index contributed by atoms with van der Waals surface area (Å²) in [6.45, 7) is 7.06. The molecule has 0 radical (unpaired) electrons. The van der Waals surface area contributed by atoms with Crippen LogP contribution < -0.4 is 5.32 Å². The normalized spacial score (nSPS) is 11.6. The van der Waals surface area contributed by atoms with Crippen LogP contribution in [-0.2, 0) is 16.6 Å². The van der Waals surface area contributed by atoms with Crippen LogP contribution in [0.4, 0.5) is 5.69 Å². The van der Waals surface area contributed by atoms with Gasteiger partial charge in [-0.3, -0.25) is 4.79 Å². The lowest BCUT2D eigenvalue weighted by molar-refractivity contribution is 0.102. The average Bonchev–Trinajstić information content (AvgIpc) is 3.14. The summed E-state index contributed by atoms with van der Waals surface area (Å²) in [7, 11) is -3.51. The molecule has 2 aromatic carbocycles. The highest BCUT2D eigenvalue weighted by atomic mass is 32.2. The molecule has 8 heteroatoms. The molecular weight excluding hydrogens is 400 g/mol. The van der Waals surface area contributed by atoms with Gasteiger partial charge in [0.25, 0.3) is 5.91 Å². The first-order chi connectivity index (χ1) is 14.3. The molecule has 3 aromatic rings. The van der Waals surface area contributed by atoms with Crippen molar-refractivity contribution in [3.05, 3.63) is 77.9 Å². The van der Waals surface area contributed by atoms with Crippen LogP contribution in [0.2, 0.25) is 0 Å². The van der Waals surface area contributed by atoms with E-state index in [1.54, 1.807) is 44.3 Å². The van der Waals surface area contributed by atoms with Crippen LogP contribution in [0.25, 0.3) is 0 Å². The molecule has 7 nitrogen and oxygen atoms in total. The van der Waals surface area contributed by atoms with Gasteiger partial charge in [0, 0.05) is 43.3 Å². The van der Waals surface area contributed by atoms with Crippen LogP contribution in [0.5, 0.6) is 0 Å². The number of rotatable bonds is 8. The summed E-state index contributed by atoms with van der Waals surface area (Å²) in [6, 6.07) is 13.6. The van der Waals surface area contributed by atoms with Crippen molar-refractivity contribution in [1.29, 1.82) is 0 Å². The lowest BCUT2D eigenvalue weighted by atomic mass is 10.1. The van der Waals surface area contributed by atoms with Crippen molar-refractivity contribution in [3.63, 3.8) is 0 Å². The van der Waals surface area contributed by atoms with Gasteiger partial charge in [0.05, 0.1) is 4.90 Å². The number of nitrogens with one attached hydrogen (secondary N) is 1. The molecule has 30 heavy (non-hydrogen) atoms. The van der Waals surface area contributed by atoms with Crippen molar-refractivity contribution in [2.75, 3.05) is 18.4 Å². The number of carbonyl (C=O) groups is 1. The highest BCUT2D eigenvalue weighted by Crippen LogP contribution is 2.19. The third-order valence-electron chi connectivity index (χ3n) is 4.95. The third kappa shape index (κ3) is 4.77. The Labute approximate surface area is 177 Å². The summed E-state index contributed by atoms with van der Waals surface area (Å²) < 4.78 is 28.5. The summed E-state index contributed by atoms with van der Waals surface area (Å²) >= 11 is 0. The van der Waals surface area contributed by atoms with E-state index in [0.29, 0.717) is 30.9 Å². The second-order valence-corrected chi connectivity index (χ2v) is 8.81. The maximum atomic E-state index is 12.5. The fourth-order valence-corrected chi connectivity index (χ4v) is 4.61. The zero-order chi connectivity index (χ0) is 21.7. The Bertz CT molecular complexity index is 1100. The number of carbonyl (C=O) groups excluding carboxylic acids is 1. The predicted molar refractivity (Wildman–Crippen MR) is 117 cm³/mol. The summed E-state index contributed by atoms with van der Waals surface area (Å²) in [5.74, 6) is 0.683. The van der Waals surface area contributed by atoms with Crippen LogP contribution in [0, 0.1) is 6.92 Å². The van der Waals surface area contributed by atoms with Crippen molar-refractivity contribution in [2.24, 2.45) is 0 Å². The Kier molecular flexibility index (Phi) is 6.69. The van der Waals surface area contributed by atoms with E-state index in [4.69, 9.17) is 0 Å². The minimum atomic E-state index is -3.51. The minimum absolute atomic E-state index is 0.211. The van der Waals surface area contributed by atoms with E-state index in [1.807, 2.05) is 29.8 Å². The number of amides is 1. The highest BCUT2D eigenvalue weighted by Gasteiger charge is 2.21. The second kappa shape index (κ2) is 9.23. The molecule has 1 heterocycles. The van der Waals surface area contributed by atoms with E-state index in [0.717, 1.165) is 11.4 Å². The van der Waals surface area contributed by atoms with Crippen LogP contribution >= 0.6 is 0 Å². The maximum Gasteiger partial charge on any atom is 0.255 e. The fraction of sp³-hybridized carbons (Fsp3) is 0.273. The molecule has 0 aliphatic carbocycles. The SMILES string of the molecule is CCN(CC)S(=O)(=O)c1ccc(NC(=O)c2ccc(Cn3ccnc3C)cc2)cc1. The van der Waals surface area contributed by atoms with Crippen LogP contribution in [0.3, 0.4) is 0 Å². The number of aryl methyl sites for hydroxylation is 1. The molecule has 0 aliphatic rings. The molecule has 1 aromatic heterocycles. The molecule has 0 saturated heterocycles. The second-order valence-electron chi connectivity index (χ2n) is 6.87. The summed E-state index contributed by atoms with van der Waals surface area (Å²) in [6.07, 6.45) is 3.68. The first kappa shape index (κ1) is 21.7. The van der Waals surface area contributed by atoms with Gasteiger partial charge in [-0.2, -0.15) is 4.31 Å². The van der Waals surface area contributed by atoms with E-state index in [1.165, 1.54) is 16.4 Å². The molecule has 0 bridgehead atoms. The molecule has 0 aliphatic heterocycles. The lowest BCUT2D eigenvalue weighted by Gasteiger charge is -2.18. The zero-order valence-electron chi connectivity index (χ0n) is 17.4. The standard InChI is InChI=1S/C22H26N4O3S/c1-4-26(5-2)30(28,29)21-12-10-20(11-13-21)24-22(27)19-8-6-18(7-9-19)16-25-15-14-23-17(25)3/h6-15H,4-5,16H2,1-3H3,(H,24,27). The van der Waals surface area contributed by atoms with Gasteiger partial charge in [0.1, 0.15) is 5.82 Å². The number of benzene rings is 2. The topological polar surface area (TPSA) is 84.3 Å². The van der Waals surface area contributed by atoms with Crippen LogP contribution in [-0.4, -0.2) is 41.3 Å². The number of hydrogen-bond acceptors (Lipinski definition) is 4. The Hall–Kier alpha value is -2.97. The van der Waals surface area contributed by atoms with Crippen LogP contribution in [0.15, 0.2) is 65.8 Å². The van der Waals surface area contributed by atoms with Crippen molar-refractivity contribution in [3.8, 4) is 0 Å². The molecule has 158 valence electrons. The first-order valence-corrected chi connectivity index (χ1v) is 11.3. The zero-order valence-corrected chi connectivity index (χ0v) is 18.2. The molecule has 0 atom stereocenters. The highest BCUT2D eigenvalue weighted by molar-refractivity contribution is 7.89. The maximum absolute atomic E-state index is 12.5. The lowest BCUT2D eigenvalue weighted by Crippen LogP contribution is -2.30. The Morgan fingerprint density at radius 3 is 2.20 bits per heavy atom. The molecule has 0 fully saturated rings. The van der Waals surface area contributed by atoms with Crippen LogP contribution in [0.1, 0.15) is 35.6 Å². The molecule has 1 amide bonds. The van der Waals surface area contributed by atoms with Gasteiger partial charge in [-0.1, -0.05) is 26.0 Å². The van der Waals surface area contributed by atoms with Crippen molar-refractivity contribution < 1.29 is 13.2 Å². The number of nitrogens with zero attached hydrogens (tertiary/aromatic N) is 3. The number of sulfonamides is 1. The Balaban J connectivity index is 1.66. The summed E-state index contributed by atoms with van der Waals surface area (Å²) in [5.41, 5.74) is 2.14. The van der Waals surface area contributed by atoms with E-state index < -0.39 is 10.0 Å². The largest absolute Gasteiger partial charge is 0.331 e. The van der Waals surface area contributed by atoms with Gasteiger partial charge < -0.3 is 9.88 Å². The smallest absolute Gasteiger partial charge is 0.255 e. The summed E-state index contributed by atoms with van der Waals surface area (Å²) in [4.78, 5) is 16.9. The quantitative estimate of drug-likeness (QED) is 0.597. The molecule has 0 saturated carbocycles. The molecule has 3 rings (SSSR count). The predicted octanol–water partition coefficient (Wildman–Crippen LogP) is 3.52. The van der Waals surface area contributed by atoms with Crippen molar-refractivity contribution in [1.82, 2.24) is 13.9 Å². The molecular formula is C22H26N4O3S. The van der Waals surface area contributed by atoms with E-state index in [2.05, 4.69) is 10.3 Å². The van der Waals surface area contributed by atoms with Gasteiger partial charge >= 0.3 is 0 Å². The van der Waals surface area contributed by atoms with Gasteiger partial charge in [-0.15, -0.1) is 0 Å². The number of anilines is 1. The van der Waals surface area contributed by atoms with Gasteiger partial charge in [0.2, 0.25) is 10.0 Å². The summed E-state index contributed by atoms with van der Waals surface area (Å²) in [5, 5.41) is 2.81. The van der Waals surface area contributed by atoms with Crippen molar-refractivity contribution >= 4 is 21.6 Å². The molecule has 1 N–H and O–H groups in total. The van der Waals surface area contributed by atoms with E-state index >= 15 is 0 Å². The number of aromatic nitrogens is 2. The van der Waals surface area contributed by atoms with Gasteiger partial charge in [-0.25, -0.2) is 13.4 Å². The minimum Gasteiger partial charge on any atom is -0.331 e. The van der Waals surface area contributed by atoms with Gasteiger partial charge in [-0.05, 0) is 48.9 Å². The molecule has 0 spiro atoms. The average molecular weight is 427 g/mol. The molecule has 0 unspecified atom stereocenters. The van der Waals surface area contributed by atoms with E-state index in [-0.39, 0.29) is 10.8 Å². The van der Waals surface area contributed by atoms with Crippen molar-refractivity contribution in [2.45, 2.75) is 32.2 Å². The monoisotopic (exact) mass is 426 g/mol. The van der Waals surface area contributed by atoms with Gasteiger partial charge in [0.15, 0.2) is 0 Å². The first-order valence-electron chi connectivity index (χ1n) is 9.83. The number of hydrogen-bond donors (Lipinski definition) is 1.